The van der Waals surface area contributed by atoms with Crippen molar-refractivity contribution in [2.45, 2.75) is 0 Å². The smallest absolute Gasteiger partial charge is 0.354 e. The van der Waals surface area contributed by atoms with Crippen molar-refractivity contribution in [1.82, 2.24) is 0 Å². The summed E-state index contributed by atoms with van der Waals surface area (Å²) in [5.74, 6) is -2.56. The number of carboxylic acids is 1. The molecule has 0 radical (unpaired) electrons. The van der Waals surface area contributed by atoms with Crippen LogP contribution in [0.5, 0.6) is 11.5 Å². The van der Waals surface area contributed by atoms with Crippen LogP contribution in [0.3, 0.4) is 0 Å². The number of carbonyl (C=O) groups excluding carboxylic acids is 2. The first kappa shape index (κ1) is 18.8. The average Bonchev–Trinajstić information content (AvgIpc) is 2.59. The lowest BCUT2D eigenvalue weighted by molar-refractivity contribution is -0.138. The van der Waals surface area contributed by atoms with Crippen LogP contribution >= 0.6 is 0 Å². The van der Waals surface area contributed by atoms with Crippen molar-refractivity contribution in [2.75, 3.05) is 33.8 Å². The Kier molecular flexibility index (Phi) is 6.60. The van der Waals surface area contributed by atoms with Crippen LogP contribution < -0.4 is 14.8 Å². The number of carbonyl (C=O) groups is 3. The Bertz CT molecular complexity index is 680. The summed E-state index contributed by atoms with van der Waals surface area (Å²) in [6.07, 6.45) is 0.841. The molecule has 1 rings (SSSR count). The van der Waals surface area contributed by atoms with Gasteiger partial charge < -0.3 is 29.4 Å². The Morgan fingerprint density at radius 3 is 2.04 bits per heavy atom. The fourth-order valence-electron chi connectivity index (χ4n) is 1.74. The minimum Gasteiger partial charge on any atom is -0.493 e. The molecule has 0 unspecified atom stereocenters. The monoisotopic (exact) mass is 339 g/mol. The van der Waals surface area contributed by atoms with Crippen molar-refractivity contribution in [3.05, 3.63) is 29.5 Å². The van der Waals surface area contributed by atoms with Crippen molar-refractivity contribution in [1.29, 1.82) is 0 Å². The van der Waals surface area contributed by atoms with E-state index in [0.29, 0.717) is 0 Å². The summed E-state index contributed by atoms with van der Waals surface area (Å²) >= 11 is 0. The van der Waals surface area contributed by atoms with Gasteiger partial charge in [0.1, 0.15) is 5.70 Å². The lowest BCUT2D eigenvalue weighted by Gasteiger charge is -2.15. The van der Waals surface area contributed by atoms with E-state index in [-0.39, 0.29) is 28.4 Å². The van der Waals surface area contributed by atoms with Gasteiger partial charge in [-0.1, -0.05) is 0 Å². The Hall–Kier alpha value is -3.23. The highest BCUT2D eigenvalue weighted by atomic mass is 16.5. The van der Waals surface area contributed by atoms with Gasteiger partial charge in [0.25, 0.3) is 0 Å². The van der Waals surface area contributed by atoms with Crippen molar-refractivity contribution in [3.8, 4) is 11.5 Å². The van der Waals surface area contributed by atoms with Gasteiger partial charge in [-0.25, -0.2) is 14.4 Å². The fourth-order valence-corrected chi connectivity index (χ4v) is 1.74. The standard InChI is InChI=1S/C15H17NO8/c1-21-11-5-8(14(18)19)9(6-12(11)22-2)16-10(15(20)24-4)7-13(17)23-3/h5-7,16H,1-4H3,(H,18,19)/b10-7+. The number of ether oxygens (including phenoxy) is 4. The highest BCUT2D eigenvalue weighted by Crippen LogP contribution is 2.34. The van der Waals surface area contributed by atoms with Crippen LogP contribution in [0.1, 0.15) is 10.4 Å². The molecule has 9 heteroatoms. The average molecular weight is 339 g/mol. The van der Waals surface area contributed by atoms with Gasteiger partial charge in [0, 0.05) is 12.1 Å². The van der Waals surface area contributed by atoms with Crippen LogP contribution in [0.15, 0.2) is 23.9 Å². The van der Waals surface area contributed by atoms with Crippen molar-refractivity contribution in [3.63, 3.8) is 0 Å². The lowest BCUT2D eigenvalue weighted by Crippen LogP contribution is -2.17. The summed E-state index contributed by atoms with van der Waals surface area (Å²) in [7, 11) is 4.97. The van der Waals surface area contributed by atoms with Gasteiger partial charge in [-0.15, -0.1) is 0 Å². The Morgan fingerprint density at radius 1 is 1.00 bits per heavy atom. The zero-order chi connectivity index (χ0) is 18.3. The molecule has 0 heterocycles. The molecule has 2 N–H and O–H groups in total. The predicted molar refractivity (Wildman–Crippen MR) is 82.2 cm³/mol. The first-order valence-corrected chi connectivity index (χ1v) is 6.52. The molecular formula is C15H17NO8. The largest absolute Gasteiger partial charge is 0.493 e. The van der Waals surface area contributed by atoms with Crippen LogP contribution in [0.4, 0.5) is 5.69 Å². The summed E-state index contributed by atoms with van der Waals surface area (Å²) in [5, 5.41) is 11.9. The van der Waals surface area contributed by atoms with Crippen molar-refractivity contribution < 1.29 is 38.4 Å². The Labute approximate surface area is 137 Å². The fraction of sp³-hybridized carbons (Fsp3) is 0.267. The quantitative estimate of drug-likeness (QED) is 0.554. The molecule has 0 saturated heterocycles. The van der Waals surface area contributed by atoms with E-state index in [1.165, 1.54) is 26.4 Å². The number of rotatable bonds is 7. The maximum absolute atomic E-state index is 11.8. The van der Waals surface area contributed by atoms with Crippen LogP contribution in [0, 0.1) is 0 Å². The summed E-state index contributed by atoms with van der Waals surface area (Å²) in [6.45, 7) is 0. The maximum Gasteiger partial charge on any atom is 0.354 e. The first-order chi connectivity index (χ1) is 11.4. The van der Waals surface area contributed by atoms with E-state index in [1.807, 2.05) is 0 Å². The summed E-state index contributed by atoms with van der Waals surface area (Å²) in [6, 6.07) is 2.53. The number of esters is 2. The Balaban J connectivity index is 3.41. The topological polar surface area (TPSA) is 120 Å². The molecule has 1 aromatic carbocycles. The van der Waals surface area contributed by atoms with E-state index in [1.54, 1.807) is 0 Å². The number of hydrogen-bond donors (Lipinski definition) is 2. The molecule has 0 aliphatic carbocycles. The SMILES string of the molecule is COC(=O)/C=C(/Nc1cc(OC)c(OC)cc1C(=O)O)C(=O)OC. The van der Waals surface area contributed by atoms with Crippen molar-refractivity contribution >= 4 is 23.6 Å². The molecule has 0 spiro atoms. The van der Waals surface area contributed by atoms with Gasteiger partial charge in [-0.05, 0) is 0 Å². The molecule has 130 valence electrons. The normalized spacial score (nSPS) is 10.6. The maximum atomic E-state index is 11.8. The number of hydrogen-bond acceptors (Lipinski definition) is 8. The van der Waals surface area contributed by atoms with Crippen LogP contribution in [-0.2, 0) is 19.1 Å². The minimum absolute atomic E-state index is 0.000651. The van der Waals surface area contributed by atoms with E-state index in [0.717, 1.165) is 20.3 Å². The number of benzene rings is 1. The summed E-state index contributed by atoms with van der Waals surface area (Å²) in [5.41, 5.74) is -0.507. The molecule has 0 atom stereocenters. The van der Waals surface area contributed by atoms with E-state index in [4.69, 9.17) is 9.47 Å². The first-order valence-electron chi connectivity index (χ1n) is 6.52. The molecule has 0 aliphatic heterocycles. The van der Waals surface area contributed by atoms with Gasteiger partial charge in [-0.3, -0.25) is 0 Å². The van der Waals surface area contributed by atoms with Crippen LogP contribution in [0.2, 0.25) is 0 Å². The molecule has 9 nitrogen and oxygen atoms in total. The second-order valence-corrected chi connectivity index (χ2v) is 4.26. The number of anilines is 1. The molecule has 0 aliphatic rings. The van der Waals surface area contributed by atoms with E-state index >= 15 is 0 Å². The van der Waals surface area contributed by atoms with E-state index < -0.39 is 17.9 Å². The van der Waals surface area contributed by atoms with Crippen molar-refractivity contribution in [2.24, 2.45) is 0 Å². The van der Waals surface area contributed by atoms with Gasteiger partial charge >= 0.3 is 17.9 Å². The number of methoxy groups -OCH3 is 4. The second-order valence-electron chi connectivity index (χ2n) is 4.26. The predicted octanol–water partition coefficient (Wildman–Crippen LogP) is 1.04. The minimum atomic E-state index is -1.28. The molecular weight excluding hydrogens is 322 g/mol. The third kappa shape index (κ3) is 4.38. The molecule has 0 bridgehead atoms. The molecule has 0 amide bonds. The molecule has 0 fully saturated rings. The number of nitrogens with one attached hydrogen (secondary N) is 1. The highest BCUT2D eigenvalue weighted by molar-refractivity contribution is 6.02. The number of carboxylic acid groups (broad SMARTS) is 1. The van der Waals surface area contributed by atoms with Gasteiger partial charge in [0.15, 0.2) is 11.5 Å². The molecule has 0 aromatic heterocycles. The third-order valence-corrected chi connectivity index (χ3v) is 2.89. The third-order valence-electron chi connectivity index (χ3n) is 2.89. The summed E-state index contributed by atoms with van der Waals surface area (Å²) in [4.78, 5) is 34.6. The summed E-state index contributed by atoms with van der Waals surface area (Å²) < 4.78 is 19.1. The molecule has 24 heavy (non-hydrogen) atoms. The molecule has 1 aromatic rings. The van der Waals surface area contributed by atoms with Crippen LogP contribution in [-0.4, -0.2) is 51.5 Å². The Morgan fingerprint density at radius 2 is 1.58 bits per heavy atom. The van der Waals surface area contributed by atoms with Crippen LogP contribution in [0.25, 0.3) is 0 Å². The highest BCUT2D eigenvalue weighted by Gasteiger charge is 2.20. The van der Waals surface area contributed by atoms with Gasteiger partial charge in [0.05, 0.1) is 45.8 Å². The van der Waals surface area contributed by atoms with E-state index in [2.05, 4.69) is 14.8 Å². The second kappa shape index (κ2) is 8.42. The zero-order valence-corrected chi connectivity index (χ0v) is 13.5. The van der Waals surface area contributed by atoms with E-state index in [9.17, 15) is 19.5 Å². The lowest BCUT2D eigenvalue weighted by atomic mass is 10.1. The van der Waals surface area contributed by atoms with Gasteiger partial charge in [-0.2, -0.15) is 0 Å². The zero-order valence-electron chi connectivity index (χ0n) is 13.5. The number of aromatic carboxylic acids is 1. The molecule has 0 saturated carbocycles. The van der Waals surface area contributed by atoms with Gasteiger partial charge in [0.2, 0.25) is 0 Å².